The fourth-order valence-electron chi connectivity index (χ4n) is 1.41. The second-order valence-electron chi connectivity index (χ2n) is 2.93. The van der Waals surface area contributed by atoms with E-state index in [1.807, 2.05) is 0 Å². The summed E-state index contributed by atoms with van der Waals surface area (Å²) >= 11 is 0. The molecule has 13 heavy (non-hydrogen) atoms. The topological polar surface area (TPSA) is 29.1 Å². The van der Waals surface area contributed by atoms with Crippen LogP contribution in [0, 0.1) is 11.6 Å². The van der Waals surface area contributed by atoms with Crippen LogP contribution in [0.15, 0.2) is 12.1 Å². The summed E-state index contributed by atoms with van der Waals surface area (Å²) in [6, 6.07) is 1.75. The maximum Gasteiger partial charge on any atom is 0.135 e. The van der Waals surface area contributed by atoms with E-state index in [4.69, 9.17) is 4.74 Å². The molecular formula is C9H7F2O2. The molecule has 1 radical (unpaired) electrons. The number of rotatable bonds is 0. The Labute approximate surface area is 73.8 Å². The molecule has 0 saturated carbocycles. The standard InChI is InChI=1S/C9H7F2O2/c10-5-3-6(11)9-7(12)1-2-13-8(9)4-5/h3-4,7H,1-2H2. The van der Waals surface area contributed by atoms with Gasteiger partial charge in [0, 0.05) is 18.6 Å². The van der Waals surface area contributed by atoms with Crippen molar-refractivity contribution in [3.05, 3.63) is 29.3 Å². The van der Waals surface area contributed by atoms with Gasteiger partial charge in [0.15, 0.2) is 0 Å². The first-order chi connectivity index (χ1) is 6.18. The third kappa shape index (κ3) is 1.37. The van der Waals surface area contributed by atoms with Gasteiger partial charge in [0.1, 0.15) is 23.5 Å². The Morgan fingerprint density at radius 1 is 1.38 bits per heavy atom. The Hall–Kier alpha value is -1.16. The molecule has 1 aromatic carbocycles. The van der Waals surface area contributed by atoms with E-state index in [0.717, 1.165) is 6.07 Å². The van der Waals surface area contributed by atoms with Crippen LogP contribution in [-0.2, 0) is 5.11 Å². The summed E-state index contributed by atoms with van der Waals surface area (Å²) < 4.78 is 30.7. The lowest BCUT2D eigenvalue weighted by Crippen LogP contribution is -2.14. The van der Waals surface area contributed by atoms with Gasteiger partial charge >= 0.3 is 0 Å². The molecule has 2 nitrogen and oxygen atoms in total. The van der Waals surface area contributed by atoms with Crippen molar-refractivity contribution in [2.45, 2.75) is 12.5 Å². The van der Waals surface area contributed by atoms with Gasteiger partial charge in [-0.05, 0) is 0 Å². The van der Waals surface area contributed by atoms with Gasteiger partial charge in [0.05, 0.1) is 12.2 Å². The number of fused-ring (bicyclic) bond motifs is 1. The molecule has 0 aromatic heterocycles. The highest BCUT2D eigenvalue weighted by Gasteiger charge is 2.25. The molecule has 1 aromatic rings. The molecule has 0 saturated heterocycles. The first-order valence-electron chi connectivity index (χ1n) is 3.96. The summed E-state index contributed by atoms with van der Waals surface area (Å²) in [4.78, 5) is 0. The molecule has 69 valence electrons. The number of ether oxygens (including phenoxy) is 1. The minimum Gasteiger partial charge on any atom is -0.493 e. The van der Waals surface area contributed by atoms with Gasteiger partial charge in [-0.15, -0.1) is 0 Å². The molecule has 1 atom stereocenters. The third-order valence-corrected chi connectivity index (χ3v) is 2.02. The average Bonchev–Trinajstić information content (AvgIpc) is 2.02. The van der Waals surface area contributed by atoms with E-state index in [1.54, 1.807) is 0 Å². The molecule has 1 heterocycles. The molecule has 1 aliphatic rings. The number of hydrogen-bond acceptors (Lipinski definition) is 1. The predicted octanol–water partition coefficient (Wildman–Crippen LogP) is 2.22. The maximum atomic E-state index is 13.1. The van der Waals surface area contributed by atoms with Crippen molar-refractivity contribution >= 4 is 0 Å². The molecule has 0 aliphatic carbocycles. The zero-order chi connectivity index (χ0) is 9.42. The second kappa shape index (κ2) is 2.96. The molecule has 0 fully saturated rings. The van der Waals surface area contributed by atoms with Crippen molar-refractivity contribution in [3.8, 4) is 5.75 Å². The lowest BCUT2D eigenvalue weighted by atomic mass is 10.0. The van der Waals surface area contributed by atoms with E-state index in [1.165, 1.54) is 0 Å². The van der Waals surface area contributed by atoms with Crippen molar-refractivity contribution in [1.29, 1.82) is 0 Å². The van der Waals surface area contributed by atoms with Crippen molar-refractivity contribution < 1.29 is 18.6 Å². The van der Waals surface area contributed by atoms with E-state index >= 15 is 0 Å². The van der Waals surface area contributed by atoms with Gasteiger partial charge in [-0.3, -0.25) is 0 Å². The maximum absolute atomic E-state index is 13.1. The molecule has 1 aliphatic heterocycles. The van der Waals surface area contributed by atoms with Crippen molar-refractivity contribution in [2.24, 2.45) is 0 Å². The fraction of sp³-hybridized carbons (Fsp3) is 0.333. The Kier molecular flexibility index (Phi) is 1.92. The molecule has 2 rings (SSSR count). The van der Waals surface area contributed by atoms with E-state index in [2.05, 4.69) is 0 Å². The van der Waals surface area contributed by atoms with Crippen LogP contribution in [0.5, 0.6) is 5.75 Å². The van der Waals surface area contributed by atoms with Gasteiger partial charge < -0.3 is 4.74 Å². The second-order valence-corrected chi connectivity index (χ2v) is 2.93. The summed E-state index contributed by atoms with van der Waals surface area (Å²) in [5.74, 6) is -1.48. The van der Waals surface area contributed by atoms with Crippen LogP contribution in [0.3, 0.4) is 0 Å². The minimum atomic E-state index is -1.13. The zero-order valence-electron chi connectivity index (χ0n) is 6.72. The molecule has 0 N–H and O–H groups in total. The summed E-state index contributed by atoms with van der Waals surface area (Å²) in [6.45, 7) is 0.226. The third-order valence-electron chi connectivity index (χ3n) is 2.02. The highest BCUT2D eigenvalue weighted by atomic mass is 19.1. The fourth-order valence-corrected chi connectivity index (χ4v) is 1.41. The van der Waals surface area contributed by atoms with Gasteiger partial charge in [-0.25, -0.2) is 13.9 Å². The number of hydrogen-bond donors (Lipinski definition) is 0. The van der Waals surface area contributed by atoms with Crippen LogP contribution in [0.25, 0.3) is 0 Å². The van der Waals surface area contributed by atoms with Gasteiger partial charge in [0.2, 0.25) is 0 Å². The normalized spacial score (nSPS) is 20.7. The summed E-state index contributed by atoms with van der Waals surface area (Å²) in [7, 11) is 0. The van der Waals surface area contributed by atoms with E-state index in [0.29, 0.717) is 6.07 Å². The summed E-state index contributed by atoms with van der Waals surface area (Å²) in [5.41, 5.74) is -0.0485. The zero-order valence-corrected chi connectivity index (χ0v) is 6.72. The van der Waals surface area contributed by atoms with Crippen LogP contribution in [-0.4, -0.2) is 6.61 Å². The smallest absolute Gasteiger partial charge is 0.135 e. The van der Waals surface area contributed by atoms with Crippen LogP contribution in [0.1, 0.15) is 18.1 Å². The van der Waals surface area contributed by atoms with Crippen LogP contribution in [0.2, 0.25) is 0 Å². The minimum absolute atomic E-state index is 0.0451. The lowest BCUT2D eigenvalue weighted by molar-refractivity contribution is 0.0460. The summed E-state index contributed by atoms with van der Waals surface area (Å²) in [5, 5.41) is 11.3. The molecule has 1 unspecified atom stereocenters. The van der Waals surface area contributed by atoms with Crippen LogP contribution in [0.4, 0.5) is 8.78 Å². The number of benzene rings is 1. The van der Waals surface area contributed by atoms with Crippen molar-refractivity contribution in [1.82, 2.24) is 0 Å². The molecular weight excluding hydrogens is 178 g/mol. The Balaban J connectivity index is 2.56. The number of halogens is 2. The monoisotopic (exact) mass is 185 g/mol. The van der Waals surface area contributed by atoms with E-state index < -0.39 is 17.7 Å². The van der Waals surface area contributed by atoms with Gasteiger partial charge in [-0.1, -0.05) is 0 Å². The van der Waals surface area contributed by atoms with Crippen molar-refractivity contribution in [2.75, 3.05) is 6.61 Å². The molecule has 0 spiro atoms. The SMILES string of the molecule is [O]C1CCOc2cc(F)cc(F)c21. The first-order valence-corrected chi connectivity index (χ1v) is 3.96. The first kappa shape index (κ1) is 8.44. The highest BCUT2D eigenvalue weighted by molar-refractivity contribution is 5.38. The lowest BCUT2D eigenvalue weighted by Gasteiger charge is -2.20. The van der Waals surface area contributed by atoms with Crippen molar-refractivity contribution in [3.63, 3.8) is 0 Å². The Morgan fingerprint density at radius 3 is 2.92 bits per heavy atom. The predicted molar refractivity (Wildman–Crippen MR) is 39.9 cm³/mol. The Bertz CT molecular complexity index is 339. The van der Waals surface area contributed by atoms with E-state index in [9.17, 15) is 13.9 Å². The quantitative estimate of drug-likeness (QED) is 0.609. The average molecular weight is 185 g/mol. The largest absolute Gasteiger partial charge is 0.493 e. The van der Waals surface area contributed by atoms with Gasteiger partial charge in [-0.2, -0.15) is 0 Å². The van der Waals surface area contributed by atoms with E-state index in [-0.39, 0.29) is 24.3 Å². The molecule has 4 heteroatoms. The summed E-state index contributed by atoms with van der Waals surface area (Å²) in [6.07, 6.45) is -0.903. The molecule has 0 bridgehead atoms. The molecule has 0 amide bonds. The van der Waals surface area contributed by atoms with Gasteiger partial charge in [0.25, 0.3) is 0 Å². The van der Waals surface area contributed by atoms with Crippen LogP contribution >= 0.6 is 0 Å². The Morgan fingerprint density at radius 2 is 2.15 bits per heavy atom. The van der Waals surface area contributed by atoms with Crippen LogP contribution < -0.4 is 4.74 Å². The highest BCUT2D eigenvalue weighted by Crippen LogP contribution is 2.34.